The Morgan fingerprint density at radius 1 is 1.47 bits per heavy atom. The average Bonchev–Trinajstić information content (AvgIpc) is 2.34. The van der Waals surface area contributed by atoms with Crippen molar-refractivity contribution in [2.75, 3.05) is 31.9 Å². The molecule has 0 amide bonds. The molecule has 0 aliphatic carbocycles. The Morgan fingerprint density at radius 2 is 2.29 bits per heavy atom. The van der Waals surface area contributed by atoms with Crippen molar-refractivity contribution in [3.05, 3.63) is 30.1 Å². The van der Waals surface area contributed by atoms with Gasteiger partial charge in [-0.05, 0) is 19.1 Å². The van der Waals surface area contributed by atoms with E-state index in [9.17, 15) is 4.39 Å². The van der Waals surface area contributed by atoms with Crippen LogP contribution in [0.25, 0.3) is 0 Å². The molecule has 94 valence electrons. The number of piperazine rings is 1. The molecule has 0 aromatic heterocycles. The standard InChI is InChI=1S/C13H19FN2S/c1-11-10-15-6-7-16(11)8-9-17-13-5-3-2-4-12(13)14/h2-5,11,15H,6-10H2,1H3. The number of halogens is 1. The molecule has 1 N–H and O–H groups in total. The van der Waals surface area contributed by atoms with Crippen LogP contribution in [0.15, 0.2) is 29.2 Å². The molecule has 1 aromatic carbocycles. The third kappa shape index (κ3) is 3.69. The van der Waals surface area contributed by atoms with Gasteiger partial charge in [0.25, 0.3) is 0 Å². The normalized spacial score (nSPS) is 21.6. The summed E-state index contributed by atoms with van der Waals surface area (Å²) in [5, 5.41) is 3.37. The first-order valence-corrected chi connectivity index (χ1v) is 7.08. The zero-order valence-electron chi connectivity index (χ0n) is 10.2. The monoisotopic (exact) mass is 254 g/mol. The van der Waals surface area contributed by atoms with E-state index in [0.29, 0.717) is 6.04 Å². The first-order chi connectivity index (χ1) is 8.27. The summed E-state index contributed by atoms with van der Waals surface area (Å²) in [5.74, 6) is 0.844. The van der Waals surface area contributed by atoms with E-state index in [-0.39, 0.29) is 5.82 Å². The quantitative estimate of drug-likeness (QED) is 0.829. The summed E-state index contributed by atoms with van der Waals surface area (Å²) < 4.78 is 13.4. The highest BCUT2D eigenvalue weighted by molar-refractivity contribution is 7.99. The fourth-order valence-electron chi connectivity index (χ4n) is 2.05. The van der Waals surface area contributed by atoms with Crippen molar-refractivity contribution < 1.29 is 4.39 Å². The number of nitrogens with zero attached hydrogens (tertiary/aromatic N) is 1. The first-order valence-electron chi connectivity index (χ1n) is 6.09. The van der Waals surface area contributed by atoms with Gasteiger partial charge < -0.3 is 5.32 Å². The molecule has 1 aliphatic rings. The molecule has 2 nitrogen and oxygen atoms in total. The van der Waals surface area contributed by atoms with Crippen LogP contribution in [-0.4, -0.2) is 42.9 Å². The van der Waals surface area contributed by atoms with Crippen LogP contribution in [0.2, 0.25) is 0 Å². The van der Waals surface area contributed by atoms with Gasteiger partial charge in [-0.25, -0.2) is 4.39 Å². The summed E-state index contributed by atoms with van der Waals surface area (Å²) in [7, 11) is 0. The zero-order valence-corrected chi connectivity index (χ0v) is 11.0. The van der Waals surface area contributed by atoms with Crippen LogP contribution in [-0.2, 0) is 0 Å². The maximum Gasteiger partial charge on any atom is 0.136 e. The van der Waals surface area contributed by atoms with Gasteiger partial charge in [-0.15, -0.1) is 11.8 Å². The van der Waals surface area contributed by atoms with Gasteiger partial charge in [-0.2, -0.15) is 0 Å². The lowest BCUT2D eigenvalue weighted by Crippen LogP contribution is -2.50. The van der Waals surface area contributed by atoms with Gasteiger partial charge in [0.05, 0.1) is 0 Å². The van der Waals surface area contributed by atoms with Crippen molar-refractivity contribution in [3.63, 3.8) is 0 Å². The molecule has 4 heteroatoms. The van der Waals surface area contributed by atoms with Gasteiger partial charge in [0.1, 0.15) is 5.82 Å². The fraction of sp³-hybridized carbons (Fsp3) is 0.538. The summed E-state index contributed by atoms with van der Waals surface area (Å²) in [5.41, 5.74) is 0. The second-order valence-electron chi connectivity index (χ2n) is 4.37. The Kier molecular flexibility index (Phi) is 4.83. The number of hydrogen-bond acceptors (Lipinski definition) is 3. The minimum absolute atomic E-state index is 0.106. The van der Waals surface area contributed by atoms with Crippen molar-refractivity contribution in [1.29, 1.82) is 0 Å². The smallest absolute Gasteiger partial charge is 0.136 e. The summed E-state index contributed by atoms with van der Waals surface area (Å²) in [6.45, 7) is 6.49. The molecule has 0 radical (unpaired) electrons. The lowest BCUT2D eigenvalue weighted by atomic mass is 10.2. The molecule has 1 heterocycles. The molecule has 1 aromatic rings. The highest BCUT2D eigenvalue weighted by atomic mass is 32.2. The largest absolute Gasteiger partial charge is 0.314 e. The van der Waals surface area contributed by atoms with E-state index in [1.807, 2.05) is 12.1 Å². The van der Waals surface area contributed by atoms with Gasteiger partial charge in [0.2, 0.25) is 0 Å². The van der Waals surface area contributed by atoms with E-state index < -0.39 is 0 Å². The second-order valence-corrected chi connectivity index (χ2v) is 5.50. The number of thioether (sulfide) groups is 1. The fourth-order valence-corrected chi connectivity index (χ4v) is 2.98. The maximum absolute atomic E-state index is 13.4. The maximum atomic E-state index is 13.4. The molecule has 0 bridgehead atoms. The van der Waals surface area contributed by atoms with Crippen LogP contribution in [0.1, 0.15) is 6.92 Å². The highest BCUT2D eigenvalue weighted by Gasteiger charge is 2.17. The number of nitrogens with one attached hydrogen (secondary N) is 1. The summed E-state index contributed by atoms with van der Waals surface area (Å²) >= 11 is 1.61. The van der Waals surface area contributed by atoms with Gasteiger partial charge >= 0.3 is 0 Å². The summed E-state index contributed by atoms with van der Waals surface area (Å²) in [6, 6.07) is 7.58. The second kappa shape index (κ2) is 6.38. The molecule has 1 atom stereocenters. The highest BCUT2D eigenvalue weighted by Crippen LogP contribution is 2.21. The Labute approximate surface area is 107 Å². The van der Waals surface area contributed by atoms with Crippen molar-refractivity contribution in [3.8, 4) is 0 Å². The lowest BCUT2D eigenvalue weighted by molar-refractivity contribution is 0.184. The third-order valence-electron chi connectivity index (χ3n) is 3.11. The van der Waals surface area contributed by atoms with E-state index in [2.05, 4.69) is 17.1 Å². The van der Waals surface area contributed by atoms with Gasteiger partial charge in [-0.3, -0.25) is 4.90 Å². The van der Waals surface area contributed by atoms with Crippen LogP contribution in [0, 0.1) is 5.82 Å². The average molecular weight is 254 g/mol. The Morgan fingerprint density at radius 3 is 3.06 bits per heavy atom. The van der Waals surface area contributed by atoms with E-state index in [0.717, 1.165) is 36.8 Å². The Hall–Kier alpha value is -0.580. The van der Waals surface area contributed by atoms with Gasteiger partial charge in [-0.1, -0.05) is 12.1 Å². The molecular weight excluding hydrogens is 235 g/mol. The van der Waals surface area contributed by atoms with Gasteiger partial charge in [0.15, 0.2) is 0 Å². The van der Waals surface area contributed by atoms with Crippen LogP contribution in [0.4, 0.5) is 4.39 Å². The predicted molar refractivity (Wildman–Crippen MR) is 71.0 cm³/mol. The molecule has 1 fully saturated rings. The topological polar surface area (TPSA) is 15.3 Å². The SMILES string of the molecule is CC1CNCCN1CCSc1ccccc1F. The Bertz CT molecular complexity index is 359. The minimum Gasteiger partial charge on any atom is -0.314 e. The number of hydrogen-bond donors (Lipinski definition) is 1. The van der Waals surface area contributed by atoms with E-state index >= 15 is 0 Å². The van der Waals surface area contributed by atoms with Crippen molar-refractivity contribution >= 4 is 11.8 Å². The van der Waals surface area contributed by atoms with E-state index in [1.54, 1.807) is 17.8 Å². The van der Waals surface area contributed by atoms with E-state index in [1.165, 1.54) is 6.07 Å². The number of benzene rings is 1. The molecule has 17 heavy (non-hydrogen) atoms. The molecule has 1 aliphatic heterocycles. The van der Waals surface area contributed by atoms with Crippen molar-refractivity contribution in [1.82, 2.24) is 10.2 Å². The van der Waals surface area contributed by atoms with E-state index in [4.69, 9.17) is 0 Å². The molecular formula is C13H19FN2S. The first kappa shape index (κ1) is 12.9. The predicted octanol–water partition coefficient (Wildman–Crippen LogP) is 2.21. The molecule has 2 rings (SSSR count). The molecule has 0 saturated carbocycles. The zero-order chi connectivity index (χ0) is 12.1. The van der Waals surface area contributed by atoms with Crippen LogP contribution in [0.3, 0.4) is 0 Å². The van der Waals surface area contributed by atoms with Crippen molar-refractivity contribution in [2.24, 2.45) is 0 Å². The van der Waals surface area contributed by atoms with Crippen LogP contribution < -0.4 is 5.32 Å². The number of rotatable bonds is 4. The third-order valence-corrected chi connectivity index (χ3v) is 4.14. The summed E-state index contributed by atoms with van der Waals surface area (Å²) in [6.07, 6.45) is 0. The Balaban J connectivity index is 1.77. The molecule has 1 saturated heterocycles. The van der Waals surface area contributed by atoms with Crippen LogP contribution in [0.5, 0.6) is 0 Å². The van der Waals surface area contributed by atoms with Crippen molar-refractivity contribution in [2.45, 2.75) is 17.9 Å². The van der Waals surface area contributed by atoms with Crippen LogP contribution >= 0.6 is 11.8 Å². The minimum atomic E-state index is -0.106. The van der Waals surface area contributed by atoms with Gasteiger partial charge in [0, 0.05) is 42.9 Å². The molecule has 1 unspecified atom stereocenters. The summed E-state index contributed by atoms with van der Waals surface area (Å²) in [4.78, 5) is 3.22. The molecule has 0 spiro atoms. The lowest BCUT2D eigenvalue weighted by Gasteiger charge is -2.33.